The van der Waals surface area contributed by atoms with Gasteiger partial charge in [0.15, 0.2) is 0 Å². The number of anilines is 1. The van der Waals surface area contributed by atoms with E-state index in [1.54, 1.807) is 36.7 Å². The molecule has 0 aliphatic carbocycles. The summed E-state index contributed by atoms with van der Waals surface area (Å²) < 4.78 is 0. The topological polar surface area (TPSA) is 58.2 Å². The molecule has 0 bridgehead atoms. The first kappa shape index (κ1) is 15.9. The van der Waals surface area contributed by atoms with Crippen LogP contribution in [0.2, 0.25) is 0 Å². The van der Waals surface area contributed by atoms with Crippen molar-refractivity contribution in [3.05, 3.63) is 71.6 Å². The third kappa shape index (κ3) is 4.79. The Labute approximate surface area is 133 Å². The summed E-state index contributed by atoms with van der Waals surface area (Å²) in [5, 5.41) is 7.03. The Bertz CT molecular complexity index is 667. The van der Waals surface area contributed by atoms with Crippen LogP contribution in [0.4, 0.5) is 5.69 Å². The Morgan fingerprint density at radius 3 is 2.32 bits per heavy atom. The molecular formula is C17H16N2O2S. The van der Waals surface area contributed by atoms with E-state index in [0.717, 1.165) is 4.90 Å². The highest BCUT2D eigenvalue weighted by Crippen LogP contribution is 2.18. The maximum absolute atomic E-state index is 11.8. The molecule has 22 heavy (non-hydrogen) atoms. The molecule has 2 amide bonds. The van der Waals surface area contributed by atoms with E-state index < -0.39 is 0 Å². The molecular weight excluding hydrogens is 296 g/mol. The Hall–Kier alpha value is -2.53. The van der Waals surface area contributed by atoms with Crippen molar-refractivity contribution >= 4 is 29.3 Å². The van der Waals surface area contributed by atoms with E-state index in [0.29, 0.717) is 11.3 Å². The molecule has 2 N–H and O–H groups in total. The molecule has 0 saturated carbocycles. The van der Waals surface area contributed by atoms with E-state index >= 15 is 0 Å². The lowest BCUT2D eigenvalue weighted by Crippen LogP contribution is -2.17. The summed E-state index contributed by atoms with van der Waals surface area (Å²) in [5.41, 5.74) is 1.20. The first-order chi connectivity index (χ1) is 10.7. The summed E-state index contributed by atoms with van der Waals surface area (Å²) in [6.45, 7) is 0. The molecule has 2 aromatic carbocycles. The standard InChI is InChI=1S/C17H16N2O2S/c1-18-17(21)13-7-9-14(10-8-13)19-16(20)11-12-22-15-5-3-2-4-6-15/h2-12H,1H3,(H,18,21)(H,19,20)/b12-11+. The van der Waals surface area contributed by atoms with Gasteiger partial charge in [0, 0.05) is 29.3 Å². The predicted octanol–water partition coefficient (Wildman–Crippen LogP) is 3.29. The first-order valence-electron chi connectivity index (χ1n) is 6.70. The molecule has 0 aromatic heterocycles. The van der Waals surface area contributed by atoms with Crippen molar-refractivity contribution in [3.63, 3.8) is 0 Å². The second kappa shape index (κ2) is 8.05. The highest BCUT2D eigenvalue weighted by Gasteiger charge is 2.03. The Morgan fingerprint density at radius 2 is 1.68 bits per heavy atom. The van der Waals surface area contributed by atoms with Crippen LogP contribution in [0.15, 0.2) is 71.0 Å². The molecule has 2 rings (SSSR count). The zero-order valence-electron chi connectivity index (χ0n) is 12.1. The fourth-order valence-electron chi connectivity index (χ4n) is 1.71. The van der Waals surface area contributed by atoms with Crippen LogP contribution in [0, 0.1) is 0 Å². The average Bonchev–Trinajstić information content (AvgIpc) is 2.56. The van der Waals surface area contributed by atoms with Gasteiger partial charge in [-0.3, -0.25) is 9.59 Å². The van der Waals surface area contributed by atoms with E-state index in [4.69, 9.17) is 0 Å². The van der Waals surface area contributed by atoms with Crippen LogP contribution in [-0.2, 0) is 4.79 Å². The van der Waals surface area contributed by atoms with Gasteiger partial charge in [-0.05, 0) is 41.8 Å². The van der Waals surface area contributed by atoms with Gasteiger partial charge in [-0.1, -0.05) is 30.0 Å². The number of hydrogen-bond donors (Lipinski definition) is 2. The fraction of sp³-hybridized carbons (Fsp3) is 0.0588. The van der Waals surface area contributed by atoms with Crippen LogP contribution in [0.25, 0.3) is 0 Å². The quantitative estimate of drug-likeness (QED) is 0.658. The molecule has 0 unspecified atom stereocenters. The van der Waals surface area contributed by atoms with Gasteiger partial charge in [-0.25, -0.2) is 0 Å². The molecule has 0 aliphatic heterocycles. The molecule has 0 aliphatic rings. The Balaban J connectivity index is 1.87. The van der Waals surface area contributed by atoms with Crippen LogP contribution in [0.3, 0.4) is 0 Å². The summed E-state index contributed by atoms with van der Waals surface area (Å²) in [5.74, 6) is -0.367. The van der Waals surface area contributed by atoms with Crippen molar-refractivity contribution in [2.45, 2.75) is 4.90 Å². The first-order valence-corrected chi connectivity index (χ1v) is 7.58. The number of thioether (sulfide) groups is 1. The number of nitrogens with one attached hydrogen (secondary N) is 2. The van der Waals surface area contributed by atoms with Gasteiger partial charge in [0.2, 0.25) is 5.91 Å². The Morgan fingerprint density at radius 1 is 1.00 bits per heavy atom. The van der Waals surface area contributed by atoms with Crippen LogP contribution < -0.4 is 10.6 Å². The second-order valence-corrected chi connectivity index (χ2v) is 5.36. The number of amides is 2. The summed E-state index contributed by atoms with van der Waals surface area (Å²) in [6.07, 6.45) is 1.48. The van der Waals surface area contributed by atoms with E-state index in [2.05, 4.69) is 10.6 Å². The third-order valence-electron chi connectivity index (χ3n) is 2.81. The monoisotopic (exact) mass is 312 g/mol. The minimum Gasteiger partial charge on any atom is -0.355 e. The molecule has 4 nitrogen and oxygen atoms in total. The summed E-state index contributed by atoms with van der Waals surface area (Å²) in [6, 6.07) is 16.5. The number of carbonyl (C=O) groups is 2. The van der Waals surface area contributed by atoms with Crippen molar-refractivity contribution < 1.29 is 9.59 Å². The predicted molar refractivity (Wildman–Crippen MR) is 89.9 cm³/mol. The van der Waals surface area contributed by atoms with Gasteiger partial charge in [0.25, 0.3) is 5.91 Å². The summed E-state index contributed by atoms with van der Waals surface area (Å²) >= 11 is 1.47. The molecule has 112 valence electrons. The maximum atomic E-state index is 11.8. The minimum absolute atomic E-state index is 0.156. The zero-order valence-corrected chi connectivity index (χ0v) is 12.9. The van der Waals surface area contributed by atoms with Crippen LogP contribution >= 0.6 is 11.8 Å². The number of carbonyl (C=O) groups excluding carboxylic acids is 2. The lowest BCUT2D eigenvalue weighted by Gasteiger charge is -2.04. The second-order valence-electron chi connectivity index (χ2n) is 4.38. The van der Waals surface area contributed by atoms with E-state index in [1.807, 2.05) is 30.3 Å². The largest absolute Gasteiger partial charge is 0.355 e. The number of rotatable bonds is 5. The van der Waals surface area contributed by atoms with Crippen LogP contribution in [0.1, 0.15) is 10.4 Å². The molecule has 0 fully saturated rings. The molecule has 0 atom stereocenters. The van der Waals surface area contributed by atoms with Gasteiger partial charge < -0.3 is 10.6 Å². The fourth-order valence-corrected chi connectivity index (χ4v) is 2.37. The van der Waals surface area contributed by atoms with Crippen LogP contribution in [0.5, 0.6) is 0 Å². The van der Waals surface area contributed by atoms with E-state index in [-0.39, 0.29) is 11.8 Å². The van der Waals surface area contributed by atoms with Gasteiger partial charge in [0.05, 0.1) is 0 Å². The smallest absolute Gasteiger partial charge is 0.251 e. The summed E-state index contributed by atoms with van der Waals surface area (Å²) in [4.78, 5) is 24.3. The lowest BCUT2D eigenvalue weighted by atomic mass is 10.2. The zero-order chi connectivity index (χ0) is 15.8. The van der Waals surface area contributed by atoms with Crippen LogP contribution in [-0.4, -0.2) is 18.9 Å². The minimum atomic E-state index is -0.212. The molecule has 0 heterocycles. The van der Waals surface area contributed by atoms with Crippen molar-refractivity contribution in [3.8, 4) is 0 Å². The average molecular weight is 312 g/mol. The Kier molecular flexibility index (Phi) is 5.80. The molecule has 5 heteroatoms. The number of hydrogen-bond acceptors (Lipinski definition) is 3. The molecule has 0 spiro atoms. The van der Waals surface area contributed by atoms with Gasteiger partial charge in [-0.2, -0.15) is 0 Å². The highest BCUT2D eigenvalue weighted by atomic mass is 32.2. The van der Waals surface area contributed by atoms with Crippen molar-refractivity contribution in [1.82, 2.24) is 5.32 Å². The van der Waals surface area contributed by atoms with Gasteiger partial charge >= 0.3 is 0 Å². The third-order valence-corrected chi connectivity index (χ3v) is 3.62. The molecule has 2 aromatic rings. The molecule has 0 saturated heterocycles. The van der Waals surface area contributed by atoms with Crippen molar-refractivity contribution in [2.75, 3.05) is 12.4 Å². The van der Waals surface area contributed by atoms with Gasteiger partial charge in [0.1, 0.15) is 0 Å². The van der Waals surface area contributed by atoms with Gasteiger partial charge in [-0.15, -0.1) is 0 Å². The number of benzene rings is 2. The SMILES string of the molecule is CNC(=O)c1ccc(NC(=O)/C=C/Sc2ccccc2)cc1. The van der Waals surface area contributed by atoms with E-state index in [1.165, 1.54) is 17.8 Å². The summed E-state index contributed by atoms with van der Waals surface area (Å²) in [7, 11) is 1.58. The van der Waals surface area contributed by atoms with Crippen molar-refractivity contribution in [2.24, 2.45) is 0 Å². The lowest BCUT2D eigenvalue weighted by molar-refractivity contribution is -0.111. The molecule has 0 radical (unpaired) electrons. The highest BCUT2D eigenvalue weighted by molar-refractivity contribution is 8.02. The van der Waals surface area contributed by atoms with Crippen molar-refractivity contribution in [1.29, 1.82) is 0 Å². The normalized spacial score (nSPS) is 10.4. The van der Waals surface area contributed by atoms with E-state index in [9.17, 15) is 9.59 Å². The maximum Gasteiger partial charge on any atom is 0.251 e.